The van der Waals surface area contributed by atoms with Crippen LogP contribution in [0.2, 0.25) is 5.02 Å². The first-order chi connectivity index (χ1) is 15.0. The van der Waals surface area contributed by atoms with Crippen molar-refractivity contribution in [1.82, 2.24) is 0 Å². The largest absolute Gasteiger partial charge is 0.452 e. The van der Waals surface area contributed by atoms with Gasteiger partial charge in [-0.25, -0.2) is 13.2 Å². The summed E-state index contributed by atoms with van der Waals surface area (Å²) in [6.45, 7) is 0. The van der Waals surface area contributed by atoms with Gasteiger partial charge in [-0.1, -0.05) is 11.6 Å². The maximum atomic E-state index is 14.1. The van der Waals surface area contributed by atoms with Crippen molar-refractivity contribution in [3.8, 4) is 17.6 Å². The molecule has 0 aliphatic carbocycles. The number of rotatable bonds is 4. The lowest BCUT2D eigenvalue weighted by Crippen LogP contribution is -2.15. The smallest absolute Gasteiger partial charge is 0.416 e. The molecule has 0 saturated heterocycles. The molecule has 1 N–H and O–H groups in total. The van der Waals surface area contributed by atoms with Gasteiger partial charge < -0.3 is 10.1 Å². The lowest BCUT2D eigenvalue weighted by atomic mass is 10.1. The van der Waals surface area contributed by atoms with Crippen LogP contribution in [0.5, 0.6) is 11.5 Å². The molecule has 3 rings (SSSR count). The number of nitriles is 1. The molecule has 3 aromatic rings. The van der Waals surface area contributed by atoms with Crippen LogP contribution < -0.4 is 10.1 Å². The van der Waals surface area contributed by atoms with Crippen molar-refractivity contribution in [2.75, 3.05) is 5.32 Å². The van der Waals surface area contributed by atoms with E-state index in [-0.39, 0.29) is 22.5 Å². The van der Waals surface area contributed by atoms with Crippen LogP contribution in [0.25, 0.3) is 0 Å². The Bertz CT molecular complexity index is 1250. The van der Waals surface area contributed by atoms with E-state index in [9.17, 15) is 36.4 Å². The number of ether oxygens (including phenoxy) is 1. The fourth-order valence-electron chi connectivity index (χ4n) is 2.61. The molecular formula is C21H9ClF6N2O2. The van der Waals surface area contributed by atoms with E-state index in [1.54, 1.807) is 0 Å². The minimum Gasteiger partial charge on any atom is -0.452 e. The number of anilines is 1. The van der Waals surface area contributed by atoms with Crippen molar-refractivity contribution in [3.05, 3.63) is 87.7 Å². The number of halogens is 7. The second kappa shape index (κ2) is 8.80. The van der Waals surface area contributed by atoms with Gasteiger partial charge in [0, 0.05) is 11.6 Å². The zero-order chi connectivity index (χ0) is 23.6. The lowest BCUT2D eigenvalue weighted by molar-refractivity contribution is -0.137. The zero-order valence-corrected chi connectivity index (χ0v) is 16.3. The monoisotopic (exact) mass is 470 g/mol. The second-order valence-electron chi connectivity index (χ2n) is 6.27. The Morgan fingerprint density at radius 2 is 1.72 bits per heavy atom. The van der Waals surface area contributed by atoms with E-state index in [2.05, 4.69) is 5.32 Å². The van der Waals surface area contributed by atoms with Gasteiger partial charge in [-0.15, -0.1) is 0 Å². The SMILES string of the molecule is N#Cc1c(F)ccc(NC(=O)c2cc(F)cc(C(F)(F)F)c2)c1Oc1cc(F)ccc1Cl. The lowest BCUT2D eigenvalue weighted by Gasteiger charge is -2.15. The molecule has 0 saturated carbocycles. The first-order valence-corrected chi connectivity index (χ1v) is 8.92. The van der Waals surface area contributed by atoms with Crippen molar-refractivity contribution < 1.29 is 35.9 Å². The molecule has 0 aromatic heterocycles. The average Bonchev–Trinajstić information content (AvgIpc) is 2.71. The molecule has 11 heteroatoms. The first kappa shape index (κ1) is 23.0. The van der Waals surface area contributed by atoms with Gasteiger partial charge in [0.1, 0.15) is 34.8 Å². The van der Waals surface area contributed by atoms with Crippen LogP contribution in [-0.4, -0.2) is 5.91 Å². The van der Waals surface area contributed by atoms with Gasteiger partial charge in [0.05, 0.1) is 16.3 Å². The predicted octanol–water partition coefficient (Wildman–Crippen LogP) is 6.69. The number of nitrogens with one attached hydrogen (secondary N) is 1. The van der Waals surface area contributed by atoms with Crippen LogP contribution in [0.3, 0.4) is 0 Å². The van der Waals surface area contributed by atoms with Crippen LogP contribution in [0.4, 0.5) is 32.0 Å². The fraction of sp³-hybridized carbons (Fsp3) is 0.0476. The highest BCUT2D eigenvalue weighted by molar-refractivity contribution is 6.32. The number of hydrogen-bond acceptors (Lipinski definition) is 3. The molecule has 0 bridgehead atoms. The molecule has 0 unspecified atom stereocenters. The van der Waals surface area contributed by atoms with Gasteiger partial charge in [0.15, 0.2) is 5.75 Å². The molecule has 32 heavy (non-hydrogen) atoms. The van der Waals surface area contributed by atoms with Crippen molar-refractivity contribution >= 4 is 23.2 Å². The number of amides is 1. The molecule has 3 aromatic carbocycles. The highest BCUT2D eigenvalue weighted by atomic mass is 35.5. The van der Waals surface area contributed by atoms with E-state index in [1.165, 1.54) is 6.07 Å². The molecule has 0 atom stereocenters. The summed E-state index contributed by atoms with van der Waals surface area (Å²) < 4.78 is 85.4. The first-order valence-electron chi connectivity index (χ1n) is 8.54. The number of benzene rings is 3. The third-order valence-corrected chi connectivity index (χ3v) is 4.37. The summed E-state index contributed by atoms with van der Waals surface area (Å²) in [5.41, 5.74) is -3.15. The normalized spacial score (nSPS) is 11.1. The Morgan fingerprint density at radius 3 is 2.38 bits per heavy atom. The molecular weight excluding hydrogens is 462 g/mol. The molecule has 0 aliphatic heterocycles. The molecule has 0 aliphatic rings. The van der Waals surface area contributed by atoms with Crippen LogP contribution in [0.15, 0.2) is 48.5 Å². The topological polar surface area (TPSA) is 62.1 Å². The Balaban J connectivity index is 2.04. The Morgan fingerprint density at radius 1 is 1.00 bits per heavy atom. The quantitative estimate of drug-likeness (QED) is 0.432. The van der Waals surface area contributed by atoms with E-state index in [0.29, 0.717) is 12.1 Å². The Kier molecular flexibility index (Phi) is 6.32. The molecule has 0 fully saturated rings. The highest BCUT2D eigenvalue weighted by Crippen LogP contribution is 2.38. The standard InChI is InChI=1S/C21H9ClF6N2O2/c22-15-2-1-12(23)8-18(15)32-19-14(9-29)16(25)3-4-17(19)30-20(31)10-5-11(21(26,27)28)7-13(24)6-10/h1-8H,(H,30,31). The van der Waals surface area contributed by atoms with Crippen molar-refractivity contribution in [1.29, 1.82) is 5.26 Å². The van der Waals surface area contributed by atoms with Crippen molar-refractivity contribution in [3.63, 3.8) is 0 Å². The minimum atomic E-state index is -4.91. The third kappa shape index (κ3) is 4.95. The summed E-state index contributed by atoms with van der Waals surface area (Å²) in [4.78, 5) is 12.5. The highest BCUT2D eigenvalue weighted by Gasteiger charge is 2.32. The minimum absolute atomic E-state index is 0.114. The van der Waals surface area contributed by atoms with Crippen LogP contribution in [-0.2, 0) is 6.18 Å². The van der Waals surface area contributed by atoms with Gasteiger partial charge in [0.2, 0.25) is 0 Å². The summed E-state index contributed by atoms with van der Waals surface area (Å²) in [6.07, 6.45) is -4.91. The molecule has 0 radical (unpaired) electrons. The number of alkyl halides is 3. The van der Waals surface area contributed by atoms with Gasteiger partial charge in [0.25, 0.3) is 5.91 Å². The van der Waals surface area contributed by atoms with Crippen LogP contribution in [0, 0.1) is 28.8 Å². The summed E-state index contributed by atoms with van der Waals surface area (Å²) >= 11 is 5.91. The van der Waals surface area contributed by atoms with Gasteiger partial charge in [-0.3, -0.25) is 4.79 Å². The van der Waals surface area contributed by atoms with E-state index < -0.39 is 52.0 Å². The number of carbonyl (C=O) groups excluding carboxylic acids is 1. The zero-order valence-electron chi connectivity index (χ0n) is 15.5. The van der Waals surface area contributed by atoms with E-state index >= 15 is 0 Å². The summed E-state index contributed by atoms with van der Waals surface area (Å²) in [5.74, 6) is -5.26. The second-order valence-corrected chi connectivity index (χ2v) is 6.68. The number of nitrogens with zero attached hydrogens (tertiary/aromatic N) is 1. The predicted molar refractivity (Wildman–Crippen MR) is 102 cm³/mol. The van der Waals surface area contributed by atoms with Crippen molar-refractivity contribution in [2.45, 2.75) is 6.18 Å². The average molecular weight is 471 g/mol. The molecule has 0 heterocycles. The van der Waals surface area contributed by atoms with E-state index in [4.69, 9.17) is 16.3 Å². The molecule has 164 valence electrons. The summed E-state index contributed by atoms with van der Waals surface area (Å²) in [6, 6.07) is 7.42. The Labute approximate surface area is 181 Å². The Hall–Kier alpha value is -3.71. The van der Waals surface area contributed by atoms with Crippen molar-refractivity contribution in [2.24, 2.45) is 0 Å². The number of hydrogen-bond donors (Lipinski definition) is 1. The summed E-state index contributed by atoms with van der Waals surface area (Å²) in [5, 5.41) is 11.3. The molecule has 1 amide bonds. The fourth-order valence-corrected chi connectivity index (χ4v) is 2.77. The molecule has 0 spiro atoms. The van der Waals surface area contributed by atoms with E-state index in [1.807, 2.05) is 0 Å². The van der Waals surface area contributed by atoms with Gasteiger partial charge in [-0.2, -0.15) is 18.4 Å². The van der Waals surface area contributed by atoms with Gasteiger partial charge >= 0.3 is 6.18 Å². The van der Waals surface area contributed by atoms with E-state index in [0.717, 1.165) is 30.3 Å². The summed E-state index contributed by atoms with van der Waals surface area (Å²) in [7, 11) is 0. The van der Waals surface area contributed by atoms with Gasteiger partial charge in [-0.05, 0) is 42.5 Å². The number of carbonyl (C=O) groups is 1. The maximum absolute atomic E-state index is 14.1. The third-order valence-electron chi connectivity index (χ3n) is 4.06. The van der Waals surface area contributed by atoms with Crippen LogP contribution in [0.1, 0.15) is 21.5 Å². The van der Waals surface area contributed by atoms with Crippen LogP contribution >= 0.6 is 11.6 Å². The maximum Gasteiger partial charge on any atom is 0.416 e. The molecule has 4 nitrogen and oxygen atoms in total.